The smallest absolute Gasteiger partial charge is 0.240 e. The molecule has 2 rings (SSSR count). The summed E-state index contributed by atoms with van der Waals surface area (Å²) in [6.07, 6.45) is 0.533. The van der Waals surface area contributed by atoms with E-state index in [0.717, 1.165) is 5.69 Å². The van der Waals surface area contributed by atoms with E-state index in [1.807, 2.05) is 5.38 Å². The molecule has 1 aromatic carbocycles. The first-order valence-corrected chi connectivity index (χ1v) is 8.64. The van der Waals surface area contributed by atoms with Gasteiger partial charge in [0.05, 0.1) is 29.8 Å². The maximum atomic E-state index is 12.2. The molecule has 0 atom stereocenters. The van der Waals surface area contributed by atoms with Gasteiger partial charge in [0.2, 0.25) is 10.0 Å². The van der Waals surface area contributed by atoms with Crippen LogP contribution in [0.3, 0.4) is 0 Å². The molecule has 1 aromatic heterocycles. The molecular formula is C13H16N2O4S2. The Morgan fingerprint density at radius 1 is 1.43 bits per heavy atom. The van der Waals surface area contributed by atoms with Crippen molar-refractivity contribution in [3.63, 3.8) is 0 Å². The summed E-state index contributed by atoms with van der Waals surface area (Å²) in [5, 5.41) is 11.1. The van der Waals surface area contributed by atoms with Crippen molar-refractivity contribution in [3.05, 3.63) is 40.3 Å². The number of sulfonamides is 1. The standard InChI is InChI=1S/C13H16N2O4S2/c1-19-13-3-2-12(6-10(13)7-16)21(17,18)15-5-4-11-8-20-9-14-11/h2-3,6,8-9,15-16H,4-5,7H2,1H3. The summed E-state index contributed by atoms with van der Waals surface area (Å²) in [6, 6.07) is 4.38. The third-order valence-corrected chi connectivity index (χ3v) is 4.98. The van der Waals surface area contributed by atoms with Crippen LogP contribution in [0.2, 0.25) is 0 Å². The van der Waals surface area contributed by atoms with Crippen LogP contribution in [-0.2, 0) is 23.1 Å². The van der Waals surface area contributed by atoms with Gasteiger partial charge in [0, 0.05) is 23.9 Å². The third kappa shape index (κ3) is 4.01. The summed E-state index contributed by atoms with van der Waals surface area (Å²) in [5.41, 5.74) is 2.99. The Labute approximate surface area is 127 Å². The number of methoxy groups -OCH3 is 1. The molecule has 8 heteroatoms. The topological polar surface area (TPSA) is 88.5 Å². The van der Waals surface area contributed by atoms with Gasteiger partial charge in [-0.2, -0.15) is 0 Å². The number of benzene rings is 1. The number of hydrogen-bond donors (Lipinski definition) is 2. The zero-order valence-electron chi connectivity index (χ0n) is 11.4. The number of aliphatic hydroxyl groups excluding tert-OH is 1. The Kier molecular flexibility index (Phi) is 5.29. The van der Waals surface area contributed by atoms with Crippen molar-refractivity contribution in [1.29, 1.82) is 0 Å². The van der Waals surface area contributed by atoms with Crippen molar-refractivity contribution in [2.75, 3.05) is 13.7 Å². The first-order chi connectivity index (χ1) is 10.1. The monoisotopic (exact) mass is 328 g/mol. The van der Waals surface area contributed by atoms with Gasteiger partial charge in [-0.1, -0.05) is 0 Å². The van der Waals surface area contributed by atoms with Crippen LogP contribution >= 0.6 is 11.3 Å². The van der Waals surface area contributed by atoms with E-state index in [1.54, 1.807) is 5.51 Å². The van der Waals surface area contributed by atoms with Gasteiger partial charge in [0.1, 0.15) is 5.75 Å². The fourth-order valence-corrected chi connectivity index (χ4v) is 3.48. The van der Waals surface area contributed by atoms with Crippen LogP contribution in [0, 0.1) is 0 Å². The minimum atomic E-state index is -3.61. The number of nitrogens with one attached hydrogen (secondary N) is 1. The number of thiazole rings is 1. The van der Waals surface area contributed by atoms with Gasteiger partial charge in [0.15, 0.2) is 0 Å². The summed E-state index contributed by atoms with van der Waals surface area (Å²) in [6.45, 7) is -0.0160. The van der Waals surface area contributed by atoms with Gasteiger partial charge in [0.25, 0.3) is 0 Å². The average molecular weight is 328 g/mol. The summed E-state index contributed by atoms with van der Waals surface area (Å²) < 4.78 is 31.9. The molecule has 6 nitrogen and oxygen atoms in total. The molecule has 0 aliphatic carbocycles. The zero-order chi connectivity index (χ0) is 15.3. The Bertz CT molecular complexity index is 684. The Morgan fingerprint density at radius 3 is 2.86 bits per heavy atom. The van der Waals surface area contributed by atoms with Crippen molar-refractivity contribution in [2.24, 2.45) is 0 Å². The number of rotatable bonds is 7. The van der Waals surface area contributed by atoms with E-state index in [4.69, 9.17) is 4.74 Å². The van der Waals surface area contributed by atoms with Crippen LogP contribution in [0.5, 0.6) is 5.75 Å². The zero-order valence-corrected chi connectivity index (χ0v) is 13.1. The molecule has 0 radical (unpaired) electrons. The predicted octanol–water partition coefficient (Wildman–Crippen LogP) is 1.16. The fraction of sp³-hybridized carbons (Fsp3) is 0.308. The summed E-state index contributed by atoms with van der Waals surface area (Å²) >= 11 is 1.47. The number of hydrogen-bond acceptors (Lipinski definition) is 6. The Hall–Kier alpha value is -1.48. The molecule has 0 saturated carbocycles. The average Bonchev–Trinajstić information content (AvgIpc) is 2.99. The highest BCUT2D eigenvalue weighted by atomic mass is 32.2. The van der Waals surface area contributed by atoms with Gasteiger partial charge in [-0.05, 0) is 18.2 Å². The second-order valence-corrected chi connectivity index (χ2v) is 6.74. The van der Waals surface area contributed by atoms with E-state index in [2.05, 4.69) is 9.71 Å². The minimum absolute atomic E-state index is 0.102. The SMILES string of the molecule is COc1ccc(S(=O)(=O)NCCc2cscn2)cc1CO. The van der Waals surface area contributed by atoms with Crippen LogP contribution in [0.1, 0.15) is 11.3 Å². The Balaban J connectivity index is 2.08. The van der Waals surface area contributed by atoms with E-state index in [1.165, 1.54) is 36.6 Å². The molecule has 114 valence electrons. The van der Waals surface area contributed by atoms with E-state index in [-0.39, 0.29) is 18.0 Å². The van der Waals surface area contributed by atoms with Gasteiger partial charge in [-0.15, -0.1) is 11.3 Å². The second kappa shape index (κ2) is 6.99. The highest BCUT2D eigenvalue weighted by Gasteiger charge is 2.16. The molecule has 0 unspecified atom stereocenters. The van der Waals surface area contributed by atoms with Gasteiger partial charge in [-0.25, -0.2) is 18.1 Å². The molecule has 0 saturated heterocycles. The van der Waals surface area contributed by atoms with Crippen LogP contribution in [0.4, 0.5) is 0 Å². The first kappa shape index (κ1) is 15.9. The normalized spacial score (nSPS) is 11.5. The fourth-order valence-electron chi connectivity index (χ4n) is 1.80. The summed E-state index contributed by atoms with van der Waals surface area (Å²) in [4.78, 5) is 4.20. The highest BCUT2D eigenvalue weighted by molar-refractivity contribution is 7.89. The molecule has 0 fully saturated rings. The molecule has 0 bridgehead atoms. The van der Waals surface area contributed by atoms with Crippen molar-refractivity contribution in [2.45, 2.75) is 17.9 Å². The third-order valence-electron chi connectivity index (χ3n) is 2.89. The van der Waals surface area contributed by atoms with Crippen LogP contribution in [0.25, 0.3) is 0 Å². The molecule has 2 aromatic rings. The van der Waals surface area contributed by atoms with E-state index >= 15 is 0 Å². The first-order valence-electron chi connectivity index (χ1n) is 6.21. The Morgan fingerprint density at radius 2 is 2.24 bits per heavy atom. The highest BCUT2D eigenvalue weighted by Crippen LogP contribution is 2.22. The van der Waals surface area contributed by atoms with Crippen LogP contribution in [0.15, 0.2) is 34.0 Å². The predicted molar refractivity (Wildman–Crippen MR) is 79.9 cm³/mol. The van der Waals surface area contributed by atoms with Crippen LogP contribution in [-0.4, -0.2) is 32.2 Å². The lowest BCUT2D eigenvalue weighted by atomic mass is 10.2. The minimum Gasteiger partial charge on any atom is -0.496 e. The molecule has 0 amide bonds. The molecule has 0 spiro atoms. The molecule has 1 heterocycles. The lowest BCUT2D eigenvalue weighted by Crippen LogP contribution is -2.26. The number of ether oxygens (including phenoxy) is 1. The number of nitrogens with zero attached hydrogens (tertiary/aromatic N) is 1. The van der Waals surface area contributed by atoms with Crippen LogP contribution < -0.4 is 9.46 Å². The van der Waals surface area contributed by atoms with Crippen molar-refractivity contribution in [3.8, 4) is 5.75 Å². The molecule has 2 N–H and O–H groups in total. The van der Waals surface area contributed by atoms with E-state index < -0.39 is 10.0 Å². The molecule has 0 aliphatic heterocycles. The second-order valence-electron chi connectivity index (χ2n) is 4.26. The van der Waals surface area contributed by atoms with Gasteiger partial charge < -0.3 is 9.84 Å². The quantitative estimate of drug-likeness (QED) is 0.796. The summed E-state index contributed by atoms with van der Waals surface area (Å²) in [5.74, 6) is 0.457. The van der Waals surface area contributed by atoms with Gasteiger partial charge in [-0.3, -0.25) is 0 Å². The number of aliphatic hydroxyl groups is 1. The van der Waals surface area contributed by atoms with E-state index in [9.17, 15) is 13.5 Å². The molecular weight excluding hydrogens is 312 g/mol. The molecule has 21 heavy (non-hydrogen) atoms. The summed E-state index contributed by atoms with van der Waals surface area (Å²) in [7, 11) is -2.15. The largest absolute Gasteiger partial charge is 0.496 e. The maximum absolute atomic E-state index is 12.2. The van der Waals surface area contributed by atoms with Crippen molar-refractivity contribution in [1.82, 2.24) is 9.71 Å². The lowest BCUT2D eigenvalue weighted by Gasteiger charge is -2.10. The van der Waals surface area contributed by atoms with Gasteiger partial charge >= 0.3 is 0 Å². The number of aromatic nitrogens is 1. The van der Waals surface area contributed by atoms with Crippen molar-refractivity contribution >= 4 is 21.4 Å². The van der Waals surface area contributed by atoms with Crippen molar-refractivity contribution < 1.29 is 18.3 Å². The van der Waals surface area contributed by atoms with E-state index in [0.29, 0.717) is 17.7 Å². The maximum Gasteiger partial charge on any atom is 0.240 e. The molecule has 0 aliphatic rings. The lowest BCUT2D eigenvalue weighted by molar-refractivity contribution is 0.273.